The molecule has 0 atom stereocenters. The fourth-order valence-corrected chi connectivity index (χ4v) is 2.11. The van der Waals surface area contributed by atoms with Gasteiger partial charge in [0.25, 0.3) is 0 Å². The summed E-state index contributed by atoms with van der Waals surface area (Å²) >= 11 is 0. The average Bonchev–Trinajstić information content (AvgIpc) is 2.41. The molecule has 0 radical (unpaired) electrons. The van der Waals surface area contributed by atoms with Gasteiger partial charge in [-0.25, -0.2) is 9.97 Å². The molecule has 0 unspecified atom stereocenters. The molecule has 0 saturated carbocycles. The minimum absolute atomic E-state index is 0.0621. The number of rotatable bonds is 0. The lowest BCUT2D eigenvalue weighted by atomic mass is 10.1. The van der Waals surface area contributed by atoms with Crippen LogP contribution in [0.25, 0.3) is 11.0 Å². The van der Waals surface area contributed by atoms with Crippen LogP contribution in [0.3, 0.4) is 0 Å². The molecule has 0 bridgehead atoms. The highest BCUT2D eigenvalue weighted by Crippen LogP contribution is 2.26. The number of hydrogen-bond acceptors (Lipinski definition) is 2. The summed E-state index contributed by atoms with van der Waals surface area (Å²) in [6.45, 7) is 10.7. The highest BCUT2D eigenvalue weighted by Gasteiger charge is 2.19. The summed E-state index contributed by atoms with van der Waals surface area (Å²) in [6, 6.07) is 2.16. The van der Waals surface area contributed by atoms with Gasteiger partial charge in [-0.2, -0.15) is 0 Å². The zero-order valence-electron chi connectivity index (χ0n) is 10.00. The number of aromatic nitrogens is 3. The highest BCUT2D eigenvalue weighted by molar-refractivity contribution is 5.79. The molecule has 0 amide bonds. The van der Waals surface area contributed by atoms with E-state index in [0.717, 1.165) is 16.7 Å². The quantitative estimate of drug-likeness (QED) is 0.659. The van der Waals surface area contributed by atoms with Gasteiger partial charge < -0.3 is 4.57 Å². The summed E-state index contributed by atoms with van der Waals surface area (Å²) in [5, 5.41) is 1.16. The minimum atomic E-state index is 0.0621. The van der Waals surface area contributed by atoms with Gasteiger partial charge >= 0.3 is 0 Å². The van der Waals surface area contributed by atoms with Crippen molar-refractivity contribution < 1.29 is 0 Å². The van der Waals surface area contributed by atoms with Crippen molar-refractivity contribution >= 4 is 11.0 Å². The standard InChI is InChI=1S/C12H17N3/c1-8-6-10-9(2)13-7-14-11(10)15(8)12(3,4)5/h6-7H,1-5H3. The number of hydrogen-bond donors (Lipinski definition) is 0. The van der Waals surface area contributed by atoms with Gasteiger partial charge in [0.2, 0.25) is 0 Å². The predicted octanol–water partition coefficient (Wildman–Crippen LogP) is 2.80. The molecule has 0 aliphatic carbocycles. The van der Waals surface area contributed by atoms with Gasteiger partial charge in [-0.1, -0.05) is 0 Å². The molecule has 0 aliphatic heterocycles. The van der Waals surface area contributed by atoms with Gasteiger partial charge in [-0.05, 0) is 40.7 Å². The van der Waals surface area contributed by atoms with Crippen LogP contribution in [0.4, 0.5) is 0 Å². The first-order valence-electron chi connectivity index (χ1n) is 5.21. The molecule has 3 nitrogen and oxygen atoms in total. The van der Waals surface area contributed by atoms with Gasteiger partial charge in [0.1, 0.15) is 12.0 Å². The van der Waals surface area contributed by atoms with E-state index in [9.17, 15) is 0 Å². The third kappa shape index (κ3) is 1.52. The van der Waals surface area contributed by atoms with Crippen molar-refractivity contribution in [3.63, 3.8) is 0 Å². The largest absolute Gasteiger partial charge is 0.325 e. The number of aryl methyl sites for hydroxylation is 2. The van der Waals surface area contributed by atoms with Crippen LogP contribution in [0.15, 0.2) is 12.4 Å². The SMILES string of the molecule is Cc1ncnc2c1cc(C)n2C(C)(C)C. The Labute approximate surface area is 90.2 Å². The first-order valence-corrected chi connectivity index (χ1v) is 5.21. The maximum Gasteiger partial charge on any atom is 0.144 e. The van der Waals surface area contributed by atoms with Crippen molar-refractivity contribution in [2.45, 2.75) is 40.2 Å². The summed E-state index contributed by atoms with van der Waals surface area (Å²) in [6.07, 6.45) is 1.64. The molecular weight excluding hydrogens is 186 g/mol. The van der Waals surface area contributed by atoms with Crippen molar-refractivity contribution in [1.82, 2.24) is 14.5 Å². The maximum absolute atomic E-state index is 4.38. The van der Waals surface area contributed by atoms with E-state index in [1.54, 1.807) is 6.33 Å². The van der Waals surface area contributed by atoms with Crippen LogP contribution in [0.5, 0.6) is 0 Å². The zero-order chi connectivity index (χ0) is 11.2. The predicted molar refractivity (Wildman–Crippen MR) is 62.0 cm³/mol. The molecule has 0 aromatic carbocycles. The second kappa shape index (κ2) is 3.05. The van der Waals surface area contributed by atoms with Crippen LogP contribution in [-0.4, -0.2) is 14.5 Å². The molecule has 0 aliphatic rings. The molecule has 15 heavy (non-hydrogen) atoms. The van der Waals surface area contributed by atoms with Crippen LogP contribution in [0.2, 0.25) is 0 Å². The Hall–Kier alpha value is -1.38. The van der Waals surface area contributed by atoms with E-state index in [-0.39, 0.29) is 5.54 Å². The van der Waals surface area contributed by atoms with Crippen molar-refractivity contribution in [3.05, 3.63) is 23.8 Å². The zero-order valence-corrected chi connectivity index (χ0v) is 10.00. The van der Waals surface area contributed by atoms with E-state index in [1.165, 1.54) is 5.69 Å². The van der Waals surface area contributed by atoms with E-state index in [1.807, 2.05) is 6.92 Å². The fourth-order valence-electron chi connectivity index (χ4n) is 2.11. The summed E-state index contributed by atoms with van der Waals surface area (Å²) in [7, 11) is 0. The molecule has 2 heterocycles. The van der Waals surface area contributed by atoms with Crippen LogP contribution >= 0.6 is 0 Å². The van der Waals surface area contributed by atoms with Gasteiger partial charge in [-0.3, -0.25) is 0 Å². The van der Waals surface area contributed by atoms with Gasteiger partial charge in [0.15, 0.2) is 0 Å². The van der Waals surface area contributed by atoms with Crippen molar-refractivity contribution in [1.29, 1.82) is 0 Å². The van der Waals surface area contributed by atoms with E-state index >= 15 is 0 Å². The summed E-state index contributed by atoms with van der Waals surface area (Å²) in [5.74, 6) is 0. The Balaban J connectivity index is 2.86. The van der Waals surface area contributed by atoms with Crippen LogP contribution in [0, 0.1) is 13.8 Å². The smallest absolute Gasteiger partial charge is 0.144 e. The topological polar surface area (TPSA) is 30.7 Å². The Bertz CT molecular complexity index is 503. The van der Waals surface area contributed by atoms with E-state index in [0.29, 0.717) is 0 Å². The first-order chi connectivity index (χ1) is 6.91. The Morgan fingerprint density at radius 3 is 2.40 bits per heavy atom. The number of nitrogens with zero attached hydrogens (tertiary/aromatic N) is 3. The van der Waals surface area contributed by atoms with Crippen molar-refractivity contribution in [2.24, 2.45) is 0 Å². The minimum Gasteiger partial charge on any atom is -0.325 e. The third-order valence-corrected chi connectivity index (χ3v) is 2.65. The van der Waals surface area contributed by atoms with Crippen LogP contribution < -0.4 is 0 Å². The third-order valence-electron chi connectivity index (χ3n) is 2.65. The van der Waals surface area contributed by atoms with Crippen LogP contribution in [0.1, 0.15) is 32.2 Å². The molecule has 0 fully saturated rings. The highest BCUT2D eigenvalue weighted by atomic mass is 15.1. The van der Waals surface area contributed by atoms with Crippen LogP contribution in [-0.2, 0) is 5.54 Å². The Kier molecular flexibility index (Phi) is 2.07. The van der Waals surface area contributed by atoms with Crippen molar-refractivity contribution in [2.75, 3.05) is 0 Å². The molecular formula is C12H17N3. The molecule has 3 heteroatoms. The monoisotopic (exact) mass is 203 g/mol. The molecule has 0 spiro atoms. The molecule has 0 N–H and O–H groups in total. The summed E-state index contributed by atoms with van der Waals surface area (Å²) < 4.78 is 2.26. The molecule has 2 rings (SSSR count). The maximum atomic E-state index is 4.38. The normalized spacial score (nSPS) is 12.3. The molecule has 2 aromatic heterocycles. The second-order valence-electron chi connectivity index (χ2n) is 4.99. The van der Waals surface area contributed by atoms with E-state index in [2.05, 4.69) is 48.3 Å². The molecule has 0 saturated heterocycles. The summed E-state index contributed by atoms with van der Waals surface area (Å²) in [4.78, 5) is 8.60. The Morgan fingerprint density at radius 1 is 1.13 bits per heavy atom. The number of fused-ring (bicyclic) bond motifs is 1. The molecule has 80 valence electrons. The van der Waals surface area contributed by atoms with E-state index < -0.39 is 0 Å². The Morgan fingerprint density at radius 2 is 1.80 bits per heavy atom. The lowest BCUT2D eigenvalue weighted by molar-refractivity contribution is 0.401. The second-order valence-corrected chi connectivity index (χ2v) is 4.99. The lowest BCUT2D eigenvalue weighted by Gasteiger charge is -2.24. The fraction of sp³-hybridized carbons (Fsp3) is 0.500. The lowest BCUT2D eigenvalue weighted by Crippen LogP contribution is -2.23. The van der Waals surface area contributed by atoms with Crippen molar-refractivity contribution in [3.8, 4) is 0 Å². The van der Waals surface area contributed by atoms with Gasteiger partial charge in [-0.15, -0.1) is 0 Å². The van der Waals surface area contributed by atoms with Gasteiger partial charge in [0.05, 0.1) is 5.69 Å². The summed E-state index contributed by atoms with van der Waals surface area (Å²) in [5.41, 5.74) is 3.38. The first kappa shape index (κ1) is 10.1. The molecule has 2 aromatic rings. The average molecular weight is 203 g/mol. The van der Waals surface area contributed by atoms with Gasteiger partial charge in [0, 0.05) is 16.6 Å². The van der Waals surface area contributed by atoms with E-state index in [4.69, 9.17) is 0 Å².